The number of hydrogen-bond donors (Lipinski definition) is 0. The van der Waals surface area contributed by atoms with Gasteiger partial charge in [-0.1, -0.05) is 6.92 Å². The van der Waals surface area contributed by atoms with E-state index in [1.807, 2.05) is 13.8 Å². The van der Waals surface area contributed by atoms with E-state index in [1.54, 1.807) is 0 Å². The van der Waals surface area contributed by atoms with Crippen molar-refractivity contribution in [3.8, 4) is 0 Å². The Balaban J connectivity index is 1.52. The Kier molecular flexibility index (Phi) is 3.17. The van der Waals surface area contributed by atoms with Crippen molar-refractivity contribution in [3.63, 3.8) is 0 Å². The molecule has 18 heavy (non-hydrogen) atoms. The first kappa shape index (κ1) is 12.9. The molecule has 0 amide bonds. The lowest BCUT2D eigenvalue weighted by molar-refractivity contribution is -0.151. The second kappa shape index (κ2) is 4.44. The molecule has 4 atom stereocenters. The van der Waals surface area contributed by atoms with Gasteiger partial charge in [0.25, 0.3) is 0 Å². The smallest absolute Gasteiger partial charge is 0.163 e. The summed E-state index contributed by atoms with van der Waals surface area (Å²) in [4.78, 5) is 0. The zero-order chi connectivity index (χ0) is 12.8. The molecule has 0 N–H and O–H groups in total. The minimum Gasteiger partial charge on any atom is -0.372 e. The first-order chi connectivity index (χ1) is 8.53. The van der Waals surface area contributed by atoms with Crippen LogP contribution in [0.15, 0.2) is 0 Å². The van der Waals surface area contributed by atoms with Crippen LogP contribution in [0.4, 0.5) is 0 Å². The largest absolute Gasteiger partial charge is 0.372 e. The highest BCUT2D eigenvalue weighted by molar-refractivity contribution is 5.02. The third kappa shape index (κ3) is 2.44. The lowest BCUT2D eigenvalue weighted by Crippen LogP contribution is -2.42. The van der Waals surface area contributed by atoms with E-state index in [0.29, 0.717) is 12.7 Å². The fraction of sp³-hybridized carbons (Fsp3) is 1.00. The summed E-state index contributed by atoms with van der Waals surface area (Å²) in [5.74, 6) is -0.426. The van der Waals surface area contributed by atoms with Crippen LogP contribution in [0.1, 0.15) is 46.5 Å². The van der Waals surface area contributed by atoms with E-state index < -0.39 is 5.79 Å². The van der Waals surface area contributed by atoms with Gasteiger partial charge in [0.05, 0.1) is 31.5 Å². The van der Waals surface area contributed by atoms with Gasteiger partial charge in [-0.3, -0.25) is 0 Å². The van der Waals surface area contributed by atoms with Gasteiger partial charge in [-0.2, -0.15) is 0 Å². The van der Waals surface area contributed by atoms with Crippen LogP contribution in [0.5, 0.6) is 0 Å². The Hall–Kier alpha value is -0.160. The monoisotopic (exact) mass is 256 g/mol. The fourth-order valence-electron chi connectivity index (χ4n) is 3.23. The molecule has 3 aliphatic rings. The summed E-state index contributed by atoms with van der Waals surface area (Å²) in [5.41, 5.74) is 0.0670. The van der Waals surface area contributed by atoms with E-state index in [2.05, 4.69) is 6.92 Å². The van der Waals surface area contributed by atoms with Crippen LogP contribution in [-0.2, 0) is 18.9 Å². The SMILES string of the molecule is CC[C@H]1O[C@H](C[C@@H]2COC(C)(C)O2)CCC12CO2. The maximum Gasteiger partial charge on any atom is 0.163 e. The van der Waals surface area contributed by atoms with Gasteiger partial charge in [0.15, 0.2) is 5.79 Å². The first-order valence-electron chi connectivity index (χ1n) is 7.14. The molecular formula is C14H24O4. The lowest BCUT2D eigenvalue weighted by Gasteiger charge is -2.35. The molecule has 3 saturated heterocycles. The molecule has 0 aromatic carbocycles. The minimum absolute atomic E-state index is 0.0670. The van der Waals surface area contributed by atoms with Crippen molar-refractivity contribution in [2.45, 2.75) is 76.2 Å². The van der Waals surface area contributed by atoms with E-state index in [4.69, 9.17) is 18.9 Å². The zero-order valence-electron chi connectivity index (χ0n) is 11.6. The van der Waals surface area contributed by atoms with E-state index in [9.17, 15) is 0 Å². The average Bonchev–Trinajstić information content (AvgIpc) is 3.01. The Morgan fingerprint density at radius 1 is 1.17 bits per heavy atom. The molecule has 3 fully saturated rings. The van der Waals surface area contributed by atoms with Gasteiger partial charge in [-0.25, -0.2) is 0 Å². The summed E-state index contributed by atoms with van der Waals surface area (Å²) in [6, 6.07) is 0. The minimum atomic E-state index is -0.426. The van der Waals surface area contributed by atoms with Crippen LogP contribution < -0.4 is 0 Å². The van der Waals surface area contributed by atoms with Gasteiger partial charge in [0, 0.05) is 6.42 Å². The van der Waals surface area contributed by atoms with Gasteiger partial charge in [0.1, 0.15) is 5.60 Å². The van der Waals surface area contributed by atoms with Crippen molar-refractivity contribution in [2.75, 3.05) is 13.2 Å². The number of epoxide rings is 1. The average molecular weight is 256 g/mol. The van der Waals surface area contributed by atoms with Crippen LogP contribution in [0.3, 0.4) is 0 Å². The molecular weight excluding hydrogens is 232 g/mol. The first-order valence-corrected chi connectivity index (χ1v) is 7.14. The van der Waals surface area contributed by atoms with Crippen molar-refractivity contribution >= 4 is 0 Å². The van der Waals surface area contributed by atoms with Crippen LogP contribution in [0.25, 0.3) is 0 Å². The highest BCUT2D eigenvalue weighted by Gasteiger charge is 2.54. The van der Waals surface area contributed by atoms with Gasteiger partial charge < -0.3 is 18.9 Å². The molecule has 0 aromatic rings. The Labute approximate surface area is 109 Å². The van der Waals surface area contributed by atoms with Crippen molar-refractivity contribution in [1.82, 2.24) is 0 Å². The molecule has 1 unspecified atom stereocenters. The molecule has 0 aromatic heterocycles. The normalized spacial score (nSPS) is 46.5. The standard InChI is InChI=1S/C14H24O4/c1-4-12-14(9-16-14)6-5-10(17-12)7-11-8-15-13(2,3)18-11/h10-12H,4-9H2,1-3H3/t10-,11+,12+,14?/m0/s1. The molecule has 0 bridgehead atoms. The molecule has 4 nitrogen and oxygen atoms in total. The molecule has 0 radical (unpaired) electrons. The molecule has 1 spiro atoms. The predicted octanol–water partition coefficient (Wildman–Crippen LogP) is 2.25. The van der Waals surface area contributed by atoms with Crippen LogP contribution in [-0.4, -0.2) is 42.9 Å². The Bertz CT molecular complexity index is 311. The Morgan fingerprint density at radius 3 is 2.50 bits per heavy atom. The summed E-state index contributed by atoms with van der Waals surface area (Å²) in [7, 11) is 0. The molecule has 3 aliphatic heterocycles. The van der Waals surface area contributed by atoms with E-state index >= 15 is 0 Å². The number of ether oxygens (including phenoxy) is 4. The van der Waals surface area contributed by atoms with Crippen LogP contribution >= 0.6 is 0 Å². The van der Waals surface area contributed by atoms with Crippen LogP contribution in [0.2, 0.25) is 0 Å². The molecule has 0 aliphatic carbocycles. The summed E-state index contributed by atoms with van der Waals surface area (Å²) < 4.78 is 23.2. The molecule has 104 valence electrons. The van der Waals surface area contributed by atoms with Crippen molar-refractivity contribution < 1.29 is 18.9 Å². The number of hydrogen-bond acceptors (Lipinski definition) is 4. The van der Waals surface area contributed by atoms with E-state index in [-0.39, 0.29) is 17.8 Å². The lowest BCUT2D eigenvalue weighted by atomic mass is 9.89. The third-order valence-corrected chi connectivity index (χ3v) is 4.31. The van der Waals surface area contributed by atoms with Gasteiger partial charge in [0.2, 0.25) is 0 Å². The highest BCUT2D eigenvalue weighted by Crippen LogP contribution is 2.44. The third-order valence-electron chi connectivity index (χ3n) is 4.31. The topological polar surface area (TPSA) is 40.2 Å². The van der Waals surface area contributed by atoms with Crippen LogP contribution in [0, 0.1) is 0 Å². The second-order valence-electron chi connectivity index (χ2n) is 6.23. The molecule has 0 saturated carbocycles. The van der Waals surface area contributed by atoms with E-state index in [1.165, 1.54) is 0 Å². The zero-order valence-corrected chi connectivity index (χ0v) is 11.6. The van der Waals surface area contributed by atoms with Gasteiger partial charge in [-0.05, 0) is 33.1 Å². The predicted molar refractivity (Wildman–Crippen MR) is 66.4 cm³/mol. The highest BCUT2D eigenvalue weighted by atomic mass is 16.7. The van der Waals surface area contributed by atoms with Gasteiger partial charge >= 0.3 is 0 Å². The summed E-state index contributed by atoms with van der Waals surface area (Å²) >= 11 is 0. The number of rotatable bonds is 3. The van der Waals surface area contributed by atoms with Gasteiger partial charge in [-0.15, -0.1) is 0 Å². The Morgan fingerprint density at radius 2 is 1.94 bits per heavy atom. The van der Waals surface area contributed by atoms with Crippen molar-refractivity contribution in [3.05, 3.63) is 0 Å². The van der Waals surface area contributed by atoms with E-state index in [0.717, 1.165) is 32.3 Å². The summed E-state index contributed by atoms with van der Waals surface area (Å²) in [6.07, 6.45) is 4.93. The van der Waals surface area contributed by atoms with Crippen molar-refractivity contribution in [2.24, 2.45) is 0 Å². The quantitative estimate of drug-likeness (QED) is 0.726. The second-order valence-corrected chi connectivity index (χ2v) is 6.23. The summed E-state index contributed by atoms with van der Waals surface area (Å²) in [5, 5.41) is 0. The molecule has 3 rings (SSSR count). The summed E-state index contributed by atoms with van der Waals surface area (Å²) in [6.45, 7) is 7.68. The molecule has 3 heterocycles. The van der Waals surface area contributed by atoms with Crippen molar-refractivity contribution in [1.29, 1.82) is 0 Å². The molecule has 4 heteroatoms. The maximum absolute atomic E-state index is 6.18. The maximum atomic E-state index is 6.18. The fourth-order valence-corrected chi connectivity index (χ4v) is 3.23.